The SMILES string of the molecule is Cc1ccc(NC(=O)c2ccc(N3C(=O)[C@H]4C5c6ccccc6C(c6ccccc65)[C@]4(C)C3=O)cc2)cc1C. The van der Waals surface area contributed by atoms with Crippen molar-refractivity contribution >= 4 is 29.1 Å². The molecule has 0 radical (unpaired) electrons. The van der Waals surface area contributed by atoms with E-state index in [1.807, 2.05) is 63.2 Å². The van der Waals surface area contributed by atoms with Gasteiger partial charge >= 0.3 is 0 Å². The molecule has 8 rings (SSSR count). The predicted octanol–water partition coefficient (Wildman–Crippen LogP) is 6.34. The molecule has 5 heteroatoms. The van der Waals surface area contributed by atoms with E-state index in [0.717, 1.165) is 39.1 Å². The molecule has 2 bridgehead atoms. The average Bonchev–Trinajstić information content (AvgIpc) is 3.16. The average molecular weight is 513 g/mol. The molecule has 1 aliphatic heterocycles. The summed E-state index contributed by atoms with van der Waals surface area (Å²) < 4.78 is 0. The zero-order chi connectivity index (χ0) is 27.1. The smallest absolute Gasteiger partial charge is 0.255 e. The molecule has 0 aromatic heterocycles. The highest BCUT2D eigenvalue weighted by atomic mass is 16.2. The van der Waals surface area contributed by atoms with E-state index < -0.39 is 11.3 Å². The number of aryl methyl sites for hydroxylation is 2. The van der Waals surface area contributed by atoms with Gasteiger partial charge in [0, 0.05) is 23.1 Å². The molecule has 4 aliphatic rings. The third-order valence-corrected chi connectivity index (χ3v) is 9.17. The van der Waals surface area contributed by atoms with Crippen molar-refractivity contribution < 1.29 is 14.4 Å². The summed E-state index contributed by atoms with van der Waals surface area (Å²) in [5, 5.41) is 2.93. The molecule has 1 N–H and O–H groups in total. The van der Waals surface area contributed by atoms with Crippen LogP contribution in [0.25, 0.3) is 0 Å². The van der Waals surface area contributed by atoms with Crippen molar-refractivity contribution in [2.24, 2.45) is 11.3 Å². The number of anilines is 2. The van der Waals surface area contributed by atoms with Crippen LogP contribution in [0, 0.1) is 25.2 Å². The molecule has 0 unspecified atom stereocenters. The molecule has 2 atom stereocenters. The fraction of sp³-hybridized carbons (Fsp3) is 0.206. The number of nitrogens with one attached hydrogen (secondary N) is 1. The van der Waals surface area contributed by atoms with Gasteiger partial charge in [-0.25, -0.2) is 4.90 Å². The fourth-order valence-corrected chi connectivity index (χ4v) is 7.14. The first-order valence-electron chi connectivity index (χ1n) is 13.4. The number of rotatable bonds is 3. The summed E-state index contributed by atoms with van der Waals surface area (Å²) >= 11 is 0. The Morgan fingerprint density at radius 3 is 1.95 bits per heavy atom. The van der Waals surface area contributed by atoms with Gasteiger partial charge in [-0.2, -0.15) is 0 Å². The van der Waals surface area contributed by atoms with Crippen molar-refractivity contribution in [1.29, 1.82) is 0 Å². The van der Waals surface area contributed by atoms with Gasteiger partial charge < -0.3 is 5.32 Å². The van der Waals surface area contributed by atoms with E-state index in [2.05, 4.69) is 29.6 Å². The van der Waals surface area contributed by atoms with Gasteiger partial charge in [-0.05, 0) is 90.6 Å². The number of amides is 3. The summed E-state index contributed by atoms with van der Waals surface area (Å²) in [6.45, 7) is 6.00. The Morgan fingerprint density at radius 2 is 1.36 bits per heavy atom. The molecular weight excluding hydrogens is 484 g/mol. The van der Waals surface area contributed by atoms with Crippen molar-refractivity contribution in [2.75, 3.05) is 10.2 Å². The van der Waals surface area contributed by atoms with Gasteiger partial charge in [0.15, 0.2) is 0 Å². The molecule has 0 spiro atoms. The van der Waals surface area contributed by atoms with Gasteiger partial charge in [-0.15, -0.1) is 0 Å². The standard InChI is InChI=1S/C34H28N2O3/c1-19-12-15-22(18-20(19)2)35-31(37)21-13-16-23(17-14-21)36-32(38)30-28-24-8-4-6-10-26(24)29(34(30,3)33(36)39)27-11-7-5-9-25(27)28/h4-18,28-30H,1-3H3,(H,35,37)/t28?,29?,30-,34+/m1/s1. The van der Waals surface area contributed by atoms with E-state index in [1.165, 1.54) is 4.90 Å². The van der Waals surface area contributed by atoms with Gasteiger partial charge in [0.2, 0.25) is 11.8 Å². The monoisotopic (exact) mass is 512 g/mol. The Morgan fingerprint density at radius 1 is 0.769 bits per heavy atom. The molecule has 1 fully saturated rings. The third-order valence-electron chi connectivity index (χ3n) is 9.17. The van der Waals surface area contributed by atoms with Crippen LogP contribution in [-0.4, -0.2) is 17.7 Å². The maximum Gasteiger partial charge on any atom is 0.255 e. The summed E-state index contributed by atoms with van der Waals surface area (Å²) in [5.41, 5.74) is 7.62. The Bertz CT molecular complexity index is 1660. The van der Waals surface area contributed by atoms with Crippen molar-refractivity contribution in [3.05, 3.63) is 130 Å². The first-order chi connectivity index (χ1) is 18.8. The van der Waals surface area contributed by atoms with Crippen LogP contribution in [0.4, 0.5) is 11.4 Å². The van der Waals surface area contributed by atoms with Crippen LogP contribution < -0.4 is 10.2 Å². The molecule has 39 heavy (non-hydrogen) atoms. The van der Waals surface area contributed by atoms with Gasteiger partial charge in [0.25, 0.3) is 5.91 Å². The second kappa shape index (κ2) is 8.24. The summed E-state index contributed by atoms with van der Waals surface area (Å²) in [6.07, 6.45) is 0. The predicted molar refractivity (Wildman–Crippen MR) is 151 cm³/mol. The first kappa shape index (κ1) is 23.6. The van der Waals surface area contributed by atoms with E-state index in [0.29, 0.717) is 11.3 Å². The van der Waals surface area contributed by atoms with Crippen molar-refractivity contribution in [3.8, 4) is 0 Å². The highest BCUT2D eigenvalue weighted by Crippen LogP contribution is 2.67. The number of carbonyl (C=O) groups is 3. The lowest BCUT2D eigenvalue weighted by Gasteiger charge is -2.51. The molecule has 3 aliphatic carbocycles. The summed E-state index contributed by atoms with van der Waals surface area (Å²) in [4.78, 5) is 42.6. The third kappa shape index (κ3) is 3.16. The van der Waals surface area contributed by atoms with E-state index in [9.17, 15) is 14.4 Å². The molecular formula is C34H28N2O3. The highest BCUT2D eigenvalue weighted by Gasteiger charge is 2.68. The van der Waals surface area contributed by atoms with Crippen LogP contribution in [0.5, 0.6) is 0 Å². The van der Waals surface area contributed by atoms with Crippen LogP contribution in [0.1, 0.15) is 62.5 Å². The lowest BCUT2D eigenvalue weighted by Crippen LogP contribution is -2.49. The Labute approximate surface area is 227 Å². The zero-order valence-electron chi connectivity index (χ0n) is 22.1. The van der Waals surface area contributed by atoms with Gasteiger partial charge in [-0.1, -0.05) is 54.6 Å². The molecule has 0 saturated carbocycles. The van der Waals surface area contributed by atoms with Crippen LogP contribution in [-0.2, 0) is 9.59 Å². The Kier molecular flexibility index (Phi) is 4.99. The van der Waals surface area contributed by atoms with Crippen LogP contribution in [0.3, 0.4) is 0 Å². The van der Waals surface area contributed by atoms with E-state index in [-0.39, 0.29) is 29.6 Å². The number of hydrogen-bond donors (Lipinski definition) is 1. The zero-order valence-corrected chi connectivity index (χ0v) is 22.1. The first-order valence-corrected chi connectivity index (χ1v) is 13.4. The minimum absolute atomic E-state index is 0.170. The van der Waals surface area contributed by atoms with Gasteiger partial charge in [-0.3, -0.25) is 14.4 Å². The molecule has 1 heterocycles. The second-order valence-electron chi connectivity index (χ2n) is 11.2. The van der Waals surface area contributed by atoms with Gasteiger partial charge in [0.05, 0.1) is 17.0 Å². The molecule has 3 amide bonds. The maximum atomic E-state index is 14.2. The summed E-state index contributed by atoms with van der Waals surface area (Å²) in [7, 11) is 0. The lowest BCUT2D eigenvalue weighted by atomic mass is 9.48. The number of hydrogen-bond acceptors (Lipinski definition) is 3. The number of benzene rings is 4. The van der Waals surface area contributed by atoms with E-state index in [1.54, 1.807) is 24.3 Å². The Hall–Kier alpha value is -4.51. The van der Waals surface area contributed by atoms with E-state index >= 15 is 0 Å². The number of nitrogens with zero attached hydrogens (tertiary/aromatic N) is 1. The molecule has 4 aromatic carbocycles. The lowest BCUT2D eigenvalue weighted by molar-refractivity contribution is -0.128. The second-order valence-corrected chi connectivity index (χ2v) is 11.2. The van der Waals surface area contributed by atoms with Crippen molar-refractivity contribution in [1.82, 2.24) is 0 Å². The molecule has 5 nitrogen and oxygen atoms in total. The summed E-state index contributed by atoms with van der Waals surface area (Å²) in [5.74, 6) is -1.43. The van der Waals surface area contributed by atoms with Crippen LogP contribution in [0.15, 0.2) is 91.0 Å². The summed E-state index contributed by atoms with van der Waals surface area (Å²) in [6, 6.07) is 29.0. The maximum absolute atomic E-state index is 14.2. The minimum Gasteiger partial charge on any atom is -0.322 e. The van der Waals surface area contributed by atoms with E-state index in [4.69, 9.17) is 0 Å². The fourth-order valence-electron chi connectivity index (χ4n) is 7.14. The van der Waals surface area contributed by atoms with Crippen molar-refractivity contribution in [3.63, 3.8) is 0 Å². The van der Waals surface area contributed by atoms with Crippen molar-refractivity contribution in [2.45, 2.75) is 32.6 Å². The topological polar surface area (TPSA) is 66.5 Å². The molecule has 1 saturated heterocycles. The quantitative estimate of drug-likeness (QED) is 0.326. The molecule has 192 valence electrons. The van der Waals surface area contributed by atoms with Gasteiger partial charge in [0.1, 0.15) is 0 Å². The molecule has 4 aromatic rings. The normalized spacial score (nSPS) is 24.3. The largest absolute Gasteiger partial charge is 0.322 e. The Balaban J connectivity index is 1.23. The number of carbonyl (C=O) groups excluding carboxylic acids is 3. The van der Waals surface area contributed by atoms with Crippen LogP contribution in [0.2, 0.25) is 0 Å². The minimum atomic E-state index is -0.885. The number of imide groups is 1. The highest BCUT2D eigenvalue weighted by molar-refractivity contribution is 6.25. The van der Waals surface area contributed by atoms with Crippen LogP contribution >= 0.6 is 0 Å².